The molecule has 196 valence electrons. The number of aliphatic hydroxyl groups is 2. The molecule has 2 aromatic rings. The number of fused-ring (bicyclic) bond motifs is 3. The number of Topliss-reactive ketones (excluding diaryl/α,β-unsaturated/α-hetero) is 1. The normalized spacial score (nSPS) is 30.9. The van der Waals surface area contributed by atoms with Crippen molar-refractivity contribution in [2.75, 3.05) is 0 Å². The SMILES string of the molecule is CC(=O)C1(O)Cc2c(O)c3c(c(O)c2C(O[C@H]2C[C@H](N)[C@H](O)[C@H](C)O2)C1)C(=O)c1c(O)cccc1C3=O. The molecule has 11 nitrogen and oxygen atoms in total. The predicted molar refractivity (Wildman–Crippen MR) is 125 cm³/mol. The Hall–Kier alpha value is -3.35. The fourth-order valence-electron chi connectivity index (χ4n) is 5.50. The molecular weight excluding hydrogens is 486 g/mol. The van der Waals surface area contributed by atoms with E-state index < -0.39 is 88.4 Å². The van der Waals surface area contributed by atoms with Gasteiger partial charge in [0.25, 0.3) is 0 Å². The van der Waals surface area contributed by atoms with Crippen molar-refractivity contribution in [3.05, 3.63) is 51.6 Å². The van der Waals surface area contributed by atoms with Crippen molar-refractivity contribution in [3.8, 4) is 17.2 Å². The smallest absolute Gasteiger partial charge is 0.202 e. The van der Waals surface area contributed by atoms with E-state index >= 15 is 0 Å². The topological polar surface area (TPSA) is 197 Å². The Morgan fingerprint density at radius 2 is 1.78 bits per heavy atom. The molecule has 7 N–H and O–H groups in total. The third-order valence-corrected chi connectivity index (χ3v) is 7.59. The number of hydrogen-bond donors (Lipinski definition) is 6. The van der Waals surface area contributed by atoms with Gasteiger partial charge in [-0.05, 0) is 19.9 Å². The van der Waals surface area contributed by atoms with Crippen LogP contribution in [0.5, 0.6) is 17.2 Å². The number of ketones is 3. The van der Waals surface area contributed by atoms with Crippen LogP contribution in [0, 0.1) is 0 Å². The number of benzene rings is 2. The summed E-state index contributed by atoms with van der Waals surface area (Å²) in [6, 6.07) is 3.20. The number of rotatable bonds is 3. The standard InChI is InChI=1S/C26H27NO10/c1-9-21(30)13(27)6-16(36-9)37-15-8-26(35,10(2)28)7-12-18(15)25(34)20-19(23(12)32)22(31)11-4-3-5-14(29)17(11)24(20)33/h3-5,9,13,15-16,21,29-30,32,34-35H,6-8,27H2,1-2H3/t9-,13-,15?,16-,21+,26?/m0/s1. The summed E-state index contributed by atoms with van der Waals surface area (Å²) in [5.74, 6) is -4.13. The number of hydrogen-bond acceptors (Lipinski definition) is 11. The van der Waals surface area contributed by atoms with E-state index in [1.165, 1.54) is 18.2 Å². The molecule has 3 aliphatic rings. The Bertz CT molecular complexity index is 1340. The highest BCUT2D eigenvalue weighted by atomic mass is 16.7. The molecule has 1 heterocycles. The van der Waals surface area contributed by atoms with Crippen LogP contribution >= 0.6 is 0 Å². The third kappa shape index (κ3) is 3.73. The quantitative estimate of drug-likeness (QED) is 0.270. The van der Waals surface area contributed by atoms with Gasteiger partial charge in [0.05, 0.1) is 35.0 Å². The lowest BCUT2D eigenvalue weighted by molar-refractivity contribution is -0.247. The number of carbonyl (C=O) groups is 3. The monoisotopic (exact) mass is 513 g/mol. The molecule has 6 atom stereocenters. The molecule has 0 aromatic heterocycles. The van der Waals surface area contributed by atoms with E-state index in [1.807, 2.05) is 0 Å². The van der Waals surface area contributed by atoms with Gasteiger partial charge in [-0.3, -0.25) is 14.4 Å². The molecule has 0 spiro atoms. The highest BCUT2D eigenvalue weighted by Gasteiger charge is 2.49. The maximum absolute atomic E-state index is 13.4. The Morgan fingerprint density at radius 1 is 1.11 bits per heavy atom. The van der Waals surface area contributed by atoms with Crippen LogP contribution in [0.15, 0.2) is 18.2 Å². The number of aromatic hydroxyl groups is 3. The summed E-state index contributed by atoms with van der Waals surface area (Å²) in [4.78, 5) is 39.1. The van der Waals surface area contributed by atoms with Crippen LogP contribution in [0.3, 0.4) is 0 Å². The number of phenolic OH excluding ortho intramolecular Hbond substituents is 3. The minimum atomic E-state index is -2.02. The first kappa shape index (κ1) is 25.3. The van der Waals surface area contributed by atoms with Crippen LogP contribution in [-0.2, 0) is 20.7 Å². The van der Waals surface area contributed by atoms with Crippen molar-refractivity contribution in [2.24, 2.45) is 5.73 Å². The van der Waals surface area contributed by atoms with E-state index in [1.54, 1.807) is 6.92 Å². The summed E-state index contributed by atoms with van der Waals surface area (Å²) in [6.45, 7) is 2.76. The molecule has 2 aliphatic carbocycles. The fourth-order valence-corrected chi connectivity index (χ4v) is 5.50. The van der Waals surface area contributed by atoms with Gasteiger partial charge in [0.15, 0.2) is 17.9 Å². The van der Waals surface area contributed by atoms with E-state index in [-0.39, 0.29) is 35.1 Å². The van der Waals surface area contributed by atoms with Crippen LogP contribution in [-0.4, -0.2) is 73.0 Å². The van der Waals surface area contributed by atoms with Gasteiger partial charge in [-0.1, -0.05) is 12.1 Å². The summed E-state index contributed by atoms with van der Waals surface area (Å²) >= 11 is 0. The van der Waals surface area contributed by atoms with E-state index in [2.05, 4.69) is 0 Å². The molecular formula is C26H27NO10. The molecule has 1 fully saturated rings. The molecule has 0 radical (unpaired) electrons. The largest absolute Gasteiger partial charge is 0.507 e. The lowest BCUT2D eigenvalue weighted by Gasteiger charge is -2.42. The number of aliphatic hydroxyl groups excluding tert-OH is 1. The first-order chi connectivity index (χ1) is 17.4. The van der Waals surface area contributed by atoms with Crippen LogP contribution < -0.4 is 5.73 Å². The molecule has 0 saturated carbocycles. The molecule has 0 bridgehead atoms. The molecule has 1 saturated heterocycles. The summed E-state index contributed by atoms with van der Waals surface area (Å²) in [5.41, 5.74) is 2.29. The number of nitrogens with two attached hydrogens (primary N) is 1. The zero-order valence-electron chi connectivity index (χ0n) is 20.1. The van der Waals surface area contributed by atoms with E-state index in [4.69, 9.17) is 15.2 Å². The molecule has 37 heavy (non-hydrogen) atoms. The molecule has 2 aromatic carbocycles. The van der Waals surface area contributed by atoms with Crippen molar-refractivity contribution < 1.29 is 49.4 Å². The lowest BCUT2D eigenvalue weighted by atomic mass is 9.72. The second kappa shape index (κ2) is 8.61. The van der Waals surface area contributed by atoms with E-state index in [0.29, 0.717) is 0 Å². The van der Waals surface area contributed by atoms with Gasteiger partial charge >= 0.3 is 0 Å². The zero-order valence-corrected chi connectivity index (χ0v) is 20.1. The maximum Gasteiger partial charge on any atom is 0.202 e. The zero-order chi connectivity index (χ0) is 27.0. The summed E-state index contributed by atoms with van der Waals surface area (Å²) in [5, 5.41) is 54.1. The predicted octanol–water partition coefficient (Wildman–Crippen LogP) is 0.726. The maximum atomic E-state index is 13.4. The van der Waals surface area contributed by atoms with E-state index in [9.17, 15) is 39.9 Å². The van der Waals surface area contributed by atoms with Gasteiger partial charge in [-0.25, -0.2) is 0 Å². The van der Waals surface area contributed by atoms with Crippen molar-refractivity contribution in [3.63, 3.8) is 0 Å². The Balaban J connectivity index is 1.68. The highest BCUT2D eigenvalue weighted by molar-refractivity contribution is 6.31. The molecule has 2 unspecified atom stereocenters. The Morgan fingerprint density at radius 3 is 2.43 bits per heavy atom. The number of carbonyl (C=O) groups excluding carboxylic acids is 3. The van der Waals surface area contributed by atoms with Crippen molar-refractivity contribution in [1.82, 2.24) is 0 Å². The van der Waals surface area contributed by atoms with Crippen LogP contribution in [0.4, 0.5) is 0 Å². The minimum Gasteiger partial charge on any atom is -0.507 e. The van der Waals surface area contributed by atoms with Crippen LogP contribution in [0.25, 0.3) is 0 Å². The van der Waals surface area contributed by atoms with Crippen molar-refractivity contribution in [2.45, 2.75) is 69.4 Å². The van der Waals surface area contributed by atoms with Gasteiger partial charge < -0.3 is 40.7 Å². The minimum absolute atomic E-state index is 0.0478. The number of phenols is 3. The first-order valence-corrected chi connectivity index (χ1v) is 11.9. The van der Waals surface area contributed by atoms with Crippen LogP contribution in [0.2, 0.25) is 0 Å². The van der Waals surface area contributed by atoms with E-state index in [0.717, 1.165) is 6.92 Å². The number of ether oxygens (including phenoxy) is 2. The van der Waals surface area contributed by atoms with Gasteiger partial charge in [-0.15, -0.1) is 0 Å². The second-order valence-electron chi connectivity index (χ2n) is 9.95. The lowest BCUT2D eigenvalue weighted by Crippen LogP contribution is -2.52. The van der Waals surface area contributed by atoms with Gasteiger partial charge in [0.2, 0.25) is 5.78 Å². The second-order valence-corrected chi connectivity index (χ2v) is 9.95. The summed E-state index contributed by atoms with van der Waals surface area (Å²) in [6.07, 6.45) is -4.68. The van der Waals surface area contributed by atoms with Crippen molar-refractivity contribution >= 4 is 17.3 Å². The van der Waals surface area contributed by atoms with Gasteiger partial charge in [-0.2, -0.15) is 0 Å². The molecule has 5 rings (SSSR count). The van der Waals surface area contributed by atoms with Crippen molar-refractivity contribution in [1.29, 1.82) is 0 Å². The fraction of sp³-hybridized carbons (Fsp3) is 0.423. The summed E-state index contributed by atoms with van der Waals surface area (Å²) in [7, 11) is 0. The van der Waals surface area contributed by atoms with Crippen LogP contribution in [0.1, 0.15) is 75.8 Å². The van der Waals surface area contributed by atoms with Gasteiger partial charge in [0, 0.05) is 42.0 Å². The van der Waals surface area contributed by atoms with Gasteiger partial charge in [0.1, 0.15) is 22.8 Å². The molecule has 11 heteroatoms. The first-order valence-electron chi connectivity index (χ1n) is 11.9. The Kier molecular flexibility index (Phi) is 5.89. The molecule has 0 amide bonds. The molecule has 1 aliphatic heterocycles. The third-order valence-electron chi connectivity index (χ3n) is 7.59. The average Bonchev–Trinajstić information content (AvgIpc) is 2.82. The summed E-state index contributed by atoms with van der Waals surface area (Å²) < 4.78 is 11.7. The highest BCUT2D eigenvalue weighted by Crippen LogP contribution is 2.52. The Labute approximate surface area is 211 Å². The average molecular weight is 513 g/mol.